The van der Waals surface area contributed by atoms with Crippen LogP contribution in [0.2, 0.25) is 0 Å². The van der Waals surface area contributed by atoms with Crippen molar-refractivity contribution in [2.45, 2.75) is 12.8 Å². The van der Waals surface area contributed by atoms with E-state index in [1.54, 1.807) is 24.3 Å². The largest absolute Gasteiger partial charge is 0.381 e. The summed E-state index contributed by atoms with van der Waals surface area (Å²) in [5, 5.41) is 0. The highest BCUT2D eigenvalue weighted by Crippen LogP contribution is 2.32. The Bertz CT molecular complexity index is 402. The van der Waals surface area contributed by atoms with E-state index >= 15 is 0 Å². The van der Waals surface area contributed by atoms with Crippen LogP contribution in [0.25, 0.3) is 0 Å². The predicted molar refractivity (Wildman–Crippen MR) is 69.2 cm³/mol. The summed E-state index contributed by atoms with van der Waals surface area (Å²) < 4.78 is 5.33. The fourth-order valence-electron chi connectivity index (χ4n) is 2.31. The van der Waals surface area contributed by atoms with Gasteiger partial charge in [-0.1, -0.05) is 0 Å². The zero-order valence-electron chi connectivity index (χ0n) is 10.6. The number of ether oxygens (including phenoxy) is 1. The molecule has 1 fully saturated rings. The first-order valence-electron chi connectivity index (χ1n) is 6.16. The molecule has 5 heteroatoms. The van der Waals surface area contributed by atoms with Gasteiger partial charge in [0.2, 0.25) is 5.91 Å². The summed E-state index contributed by atoms with van der Waals surface area (Å²) in [6.45, 7) is 1.57. The van der Waals surface area contributed by atoms with Crippen LogP contribution in [-0.2, 0) is 9.53 Å². The second-order valence-electron chi connectivity index (χ2n) is 4.67. The Balaban J connectivity index is 2.19. The number of aromatic nitrogens is 1. The highest BCUT2D eigenvalue weighted by molar-refractivity contribution is 5.97. The van der Waals surface area contributed by atoms with E-state index in [4.69, 9.17) is 10.5 Å². The normalized spacial score (nSPS) is 18.3. The van der Waals surface area contributed by atoms with Gasteiger partial charge in [0.25, 0.3) is 0 Å². The molecule has 0 unspecified atom stereocenters. The molecular weight excluding hydrogens is 230 g/mol. The number of hydrogen-bond donors (Lipinski definition) is 1. The molecule has 2 N–H and O–H groups in total. The van der Waals surface area contributed by atoms with Crippen LogP contribution in [0.5, 0.6) is 0 Å². The number of carbonyl (C=O) groups is 1. The van der Waals surface area contributed by atoms with Crippen molar-refractivity contribution in [3.63, 3.8) is 0 Å². The van der Waals surface area contributed by atoms with Crippen molar-refractivity contribution in [3.8, 4) is 0 Å². The van der Waals surface area contributed by atoms with Crippen LogP contribution >= 0.6 is 0 Å². The molecule has 2 heterocycles. The molecule has 18 heavy (non-hydrogen) atoms. The lowest BCUT2D eigenvalue weighted by Crippen LogP contribution is -2.49. The molecule has 1 aromatic heterocycles. The van der Waals surface area contributed by atoms with Crippen LogP contribution in [0.15, 0.2) is 24.5 Å². The first kappa shape index (κ1) is 13.0. The van der Waals surface area contributed by atoms with E-state index in [1.165, 1.54) is 0 Å². The Labute approximate surface area is 107 Å². The summed E-state index contributed by atoms with van der Waals surface area (Å²) in [7, 11) is 1.78. The minimum absolute atomic E-state index is 0.0690. The third-order valence-corrected chi connectivity index (χ3v) is 3.65. The molecular formula is C13H19N3O2. The van der Waals surface area contributed by atoms with Crippen molar-refractivity contribution in [2.24, 2.45) is 11.1 Å². The molecule has 98 valence electrons. The average Bonchev–Trinajstić information content (AvgIpc) is 2.47. The van der Waals surface area contributed by atoms with Crippen LogP contribution in [0.3, 0.4) is 0 Å². The third kappa shape index (κ3) is 2.37. The summed E-state index contributed by atoms with van der Waals surface area (Å²) in [6.07, 6.45) is 4.74. The van der Waals surface area contributed by atoms with E-state index in [0.717, 1.165) is 5.69 Å². The first-order chi connectivity index (χ1) is 8.69. The van der Waals surface area contributed by atoms with Crippen molar-refractivity contribution in [1.29, 1.82) is 0 Å². The Hall–Kier alpha value is -1.46. The molecule has 0 atom stereocenters. The van der Waals surface area contributed by atoms with Gasteiger partial charge >= 0.3 is 0 Å². The van der Waals surface area contributed by atoms with Gasteiger partial charge in [-0.25, -0.2) is 0 Å². The van der Waals surface area contributed by atoms with Gasteiger partial charge in [-0.15, -0.1) is 0 Å². The molecule has 0 aromatic carbocycles. The molecule has 1 saturated heterocycles. The number of nitrogens with two attached hydrogens (primary N) is 1. The lowest BCUT2D eigenvalue weighted by Gasteiger charge is -2.37. The van der Waals surface area contributed by atoms with Crippen LogP contribution < -0.4 is 10.6 Å². The zero-order chi connectivity index (χ0) is 13.0. The van der Waals surface area contributed by atoms with Gasteiger partial charge in [-0.05, 0) is 25.0 Å². The first-order valence-corrected chi connectivity index (χ1v) is 6.16. The molecule has 1 amide bonds. The molecule has 1 aliphatic rings. The summed E-state index contributed by atoms with van der Waals surface area (Å²) in [4.78, 5) is 18.2. The number of nitrogens with zero attached hydrogens (tertiary/aromatic N) is 2. The van der Waals surface area contributed by atoms with Crippen molar-refractivity contribution in [2.75, 3.05) is 31.7 Å². The molecule has 1 aromatic rings. The maximum absolute atomic E-state index is 12.6. The fraction of sp³-hybridized carbons (Fsp3) is 0.538. The van der Waals surface area contributed by atoms with Crippen LogP contribution in [0, 0.1) is 5.41 Å². The number of rotatable bonds is 3. The van der Waals surface area contributed by atoms with E-state index in [9.17, 15) is 4.79 Å². The molecule has 0 spiro atoms. The van der Waals surface area contributed by atoms with Gasteiger partial charge < -0.3 is 15.4 Å². The minimum Gasteiger partial charge on any atom is -0.381 e. The van der Waals surface area contributed by atoms with Crippen LogP contribution in [0.1, 0.15) is 12.8 Å². The second-order valence-corrected chi connectivity index (χ2v) is 4.67. The highest BCUT2D eigenvalue weighted by Gasteiger charge is 2.40. The Morgan fingerprint density at radius 1 is 1.44 bits per heavy atom. The number of pyridine rings is 1. The van der Waals surface area contributed by atoms with Crippen molar-refractivity contribution >= 4 is 11.6 Å². The molecule has 5 nitrogen and oxygen atoms in total. The molecule has 1 aliphatic heterocycles. The summed E-state index contributed by atoms with van der Waals surface area (Å²) in [5.41, 5.74) is 6.21. The van der Waals surface area contributed by atoms with Crippen molar-refractivity contribution in [1.82, 2.24) is 4.98 Å². The predicted octanol–water partition coefficient (Wildman–Crippen LogP) is 0.800. The van der Waals surface area contributed by atoms with Gasteiger partial charge in [0.1, 0.15) is 0 Å². The SMILES string of the molecule is CN(C(=O)C1(CN)CCOCC1)c1ccncc1. The molecule has 0 bridgehead atoms. The van der Waals surface area contributed by atoms with Gasteiger partial charge in [0.15, 0.2) is 0 Å². The Morgan fingerprint density at radius 3 is 2.61 bits per heavy atom. The maximum atomic E-state index is 12.6. The van der Waals surface area contributed by atoms with E-state index in [0.29, 0.717) is 32.6 Å². The van der Waals surface area contributed by atoms with Gasteiger partial charge in [-0.3, -0.25) is 9.78 Å². The smallest absolute Gasteiger partial charge is 0.234 e. The fourth-order valence-corrected chi connectivity index (χ4v) is 2.31. The quantitative estimate of drug-likeness (QED) is 0.860. The summed E-state index contributed by atoms with van der Waals surface area (Å²) in [5.74, 6) is 0.0690. The van der Waals surface area contributed by atoms with Crippen molar-refractivity contribution < 1.29 is 9.53 Å². The van der Waals surface area contributed by atoms with Gasteiger partial charge in [-0.2, -0.15) is 0 Å². The van der Waals surface area contributed by atoms with E-state index < -0.39 is 5.41 Å². The maximum Gasteiger partial charge on any atom is 0.234 e. The summed E-state index contributed by atoms with van der Waals surface area (Å²) >= 11 is 0. The summed E-state index contributed by atoms with van der Waals surface area (Å²) in [6, 6.07) is 3.64. The molecule has 0 saturated carbocycles. The van der Waals surface area contributed by atoms with E-state index in [-0.39, 0.29) is 5.91 Å². The Kier molecular flexibility index (Phi) is 3.93. The highest BCUT2D eigenvalue weighted by atomic mass is 16.5. The van der Waals surface area contributed by atoms with Gasteiger partial charge in [0.05, 0.1) is 5.41 Å². The number of amides is 1. The van der Waals surface area contributed by atoms with Crippen LogP contribution in [0.4, 0.5) is 5.69 Å². The second kappa shape index (κ2) is 5.46. The lowest BCUT2D eigenvalue weighted by atomic mass is 9.79. The Morgan fingerprint density at radius 2 is 2.06 bits per heavy atom. The molecule has 0 radical (unpaired) electrons. The molecule has 0 aliphatic carbocycles. The van der Waals surface area contributed by atoms with Crippen molar-refractivity contribution in [3.05, 3.63) is 24.5 Å². The van der Waals surface area contributed by atoms with Gasteiger partial charge in [0, 0.05) is 44.9 Å². The van der Waals surface area contributed by atoms with E-state index in [2.05, 4.69) is 4.98 Å². The van der Waals surface area contributed by atoms with E-state index in [1.807, 2.05) is 12.1 Å². The third-order valence-electron chi connectivity index (χ3n) is 3.65. The zero-order valence-corrected chi connectivity index (χ0v) is 10.6. The standard InChI is InChI=1S/C13H19N3O2/c1-16(11-2-6-15-7-3-11)12(17)13(10-14)4-8-18-9-5-13/h2-3,6-7H,4-5,8-10,14H2,1H3. The minimum atomic E-state index is -0.476. The monoisotopic (exact) mass is 249 g/mol. The number of anilines is 1. The average molecular weight is 249 g/mol. The molecule has 2 rings (SSSR count). The topological polar surface area (TPSA) is 68.5 Å². The number of carbonyl (C=O) groups excluding carboxylic acids is 1. The number of hydrogen-bond acceptors (Lipinski definition) is 4. The lowest BCUT2D eigenvalue weighted by molar-refractivity contribution is -0.132. The van der Waals surface area contributed by atoms with Crippen LogP contribution in [-0.4, -0.2) is 37.7 Å².